The van der Waals surface area contributed by atoms with Crippen molar-refractivity contribution in [2.75, 3.05) is 11.9 Å². The molecule has 0 radical (unpaired) electrons. The van der Waals surface area contributed by atoms with Gasteiger partial charge in [0, 0.05) is 11.5 Å². The fourth-order valence-electron chi connectivity index (χ4n) is 1.69. The monoisotopic (exact) mass is 373 g/mol. The number of esters is 1. The first-order valence-corrected chi connectivity index (χ1v) is 7.58. The van der Waals surface area contributed by atoms with Gasteiger partial charge < -0.3 is 14.5 Å². The number of hydrogen-bond acceptors (Lipinski definition) is 7. The molecule has 0 unspecified atom stereocenters. The minimum Gasteiger partial charge on any atom is -0.465 e. The van der Waals surface area contributed by atoms with E-state index in [9.17, 15) is 9.59 Å². The number of ether oxygens (including phenoxy) is 1. The predicted octanol–water partition coefficient (Wildman–Crippen LogP) is 2.94. The number of aryl methyl sites for hydroxylation is 2. The number of halogens is 1. The fraction of sp³-hybridized carbons (Fsp3) is 0.333. The van der Waals surface area contributed by atoms with Gasteiger partial charge in [0.1, 0.15) is 11.5 Å². The van der Waals surface area contributed by atoms with Crippen LogP contribution < -0.4 is 5.32 Å². The lowest BCUT2D eigenvalue weighted by atomic mass is 10.2. The molecule has 21 heavy (non-hydrogen) atoms. The summed E-state index contributed by atoms with van der Waals surface area (Å²) in [6.07, 6.45) is 0. The first-order chi connectivity index (χ1) is 9.95. The second kappa shape index (κ2) is 6.35. The Kier molecular flexibility index (Phi) is 4.73. The summed E-state index contributed by atoms with van der Waals surface area (Å²) in [6.45, 7) is 5.33. The molecule has 1 N–H and O–H groups in total. The maximum absolute atomic E-state index is 12.3. The van der Waals surface area contributed by atoms with Crippen molar-refractivity contribution in [1.82, 2.24) is 9.59 Å². The fourth-order valence-corrected chi connectivity index (χ4v) is 2.78. The lowest BCUT2D eigenvalue weighted by Gasteiger charge is -2.04. The van der Waals surface area contributed by atoms with Crippen LogP contribution in [-0.2, 0) is 4.74 Å². The highest BCUT2D eigenvalue weighted by Crippen LogP contribution is 2.29. The number of rotatable bonds is 4. The number of carbonyl (C=O) groups is 2. The molecule has 0 bridgehead atoms. The van der Waals surface area contributed by atoms with Gasteiger partial charge >= 0.3 is 5.97 Å². The molecule has 0 aliphatic carbocycles. The molecule has 2 aromatic rings. The average Bonchev–Trinajstić information content (AvgIpc) is 2.95. The van der Waals surface area contributed by atoms with Gasteiger partial charge in [-0.2, -0.15) is 0 Å². The van der Waals surface area contributed by atoms with Crippen molar-refractivity contribution >= 4 is 44.3 Å². The van der Waals surface area contributed by atoms with Gasteiger partial charge in [0.15, 0.2) is 5.00 Å². The summed E-state index contributed by atoms with van der Waals surface area (Å²) in [6, 6.07) is 0. The molecule has 1 amide bonds. The lowest BCUT2D eigenvalue weighted by molar-refractivity contribution is 0.0520. The van der Waals surface area contributed by atoms with Crippen LogP contribution in [0.1, 0.15) is 39.3 Å². The topological polar surface area (TPSA) is 94.3 Å². The van der Waals surface area contributed by atoms with Crippen LogP contribution in [0, 0.1) is 13.8 Å². The third-order valence-corrected chi connectivity index (χ3v) is 4.19. The summed E-state index contributed by atoms with van der Waals surface area (Å²) >= 11 is 4.21. The molecule has 0 atom stereocenters. The van der Waals surface area contributed by atoms with Crippen molar-refractivity contribution in [2.45, 2.75) is 20.8 Å². The number of amides is 1. The van der Waals surface area contributed by atoms with E-state index in [2.05, 4.69) is 30.8 Å². The number of furan rings is 1. The van der Waals surface area contributed by atoms with E-state index in [0.717, 1.165) is 11.5 Å². The number of carbonyl (C=O) groups excluding carboxylic acids is 2. The summed E-state index contributed by atoms with van der Waals surface area (Å²) in [7, 11) is 0. The molecule has 2 aromatic heterocycles. The van der Waals surface area contributed by atoms with Crippen molar-refractivity contribution in [2.24, 2.45) is 0 Å². The molecule has 2 rings (SSSR count). The number of aromatic nitrogens is 2. The van der Waals surface area contributed by atoms with Crippen LogP contribution in [0.2, 0.25) is 0 Å². The first-order valence-electron chi connectivity index (χ1n) is 6.02. The van der Waals surface area contributed by atoms with Crippen molar-refractivity contribution in [3.8, 4) is 0 Å². The summed E-state index contributed by atoms with van der Waals surface area (Å²) in [4.78, 5) is 24.0. The van der Waals surface area contributed by atoms with Gasteiger partial charge in [-0.25, -0.2) is 4.79 Å². The molecule has 0 fully saturated rings. The van der Waals surface area contributed by atoms with E-state index in [1.54, 1.807) is 20.8 Å². The van der Waals surface area contributed by atoms with Crippen LogP contribution in [0.15, 0.2) is 8.89 Å². The quantitative estimate of drug-likeness (QED) is 0.827. The highest BCUT2D eigenvalue weighted by Gasteiger charge is 2.24. The Morgan fingerprint density at radius 2 is 2.10 bits per heavy atom. The van der Waals surface area contributed by atoms with Gasteiger partial charge in [-0.15, -0.1) is 5.10 Å². The van der Waals surface area contributed by atoms with Crippen molar-refractivity contribution in [1.29, 1.82) is 0 Å². The van der Waals surface area contributed by atoms with Gasteiger partial charge in [0.05, 0.1) is 16.6 Å². The van der Waals surface area contributed by atoms with Gasteiger partial charge in [-0.05, 0) is 36.7 Å². The van der Waals surface area contributed by atoms with Crippen LogP contribution in [0.4, 0.5) is 5.00 Å². The minimum atomic E-state index is -0.624. The van der Waals surface area contributed by atoms with Crippen molar-refractivity contribution in [3.05, 3.63) is 27.3 Å². The molecule has 9 heteroatoms. The van der Waals surface area contributed by atoms with Crippen LogP contribution in [0.5, 0.6) is 0 Å². The summed E-state index contributed by atoms with van der Waals surface area (Å²) in [5, 5.41) is 6.52. The maximum atomic E-state index is 12.3. The highest BCUT2D eigenvalue weighted by molar-refractivity contribution is 9.10. The third kappa shape index (κ3) is 3.13. The second-order valence-corrected chi connectivity index (χ2v) is 5.58. The Hall–Kier alpha value is -1.74. The highest BCUT2D eigenvalue weighted by atomic mass is 79.9. The zero-order valence-corrected chi connectivity index (χ0v) is 13.9. The Labute approximate surface area is 133 Å². The van der Waals surface area contributed by atoms with Gasteiger partial charge in [0.25, 0.3) is 5.91 Å². The SMILES string of the molecule is CCOC(=O)c1nnsc1NC(=O)c1c(C)oc(C)c1Br. The van der Waals surface area contributed by atoms with Crippen LogP contribution in [-0.4, -0.2) is 28.1 Å². The van der Waals surface area contributed by atoms with Crippen LogP contribution in [0.3, 0.4) is 0 Å². The van der Waals surface area contributed by atoms with E-state index in [-0.39, 0.29) is 17.3 Å². The second-order valence-electron chi connectivity index (χ2n) is 4.03. The first kappa shape index (κ1) is 15.6. The van der Waals surface area contributed by atoms with Gasteiger partial charge in [-0.3, -0.25) is 4.79 Å². The van der Waals surface area contributed by atoms with Gasteiger partial charge in [0.2, 0.25) is 5.69 Å². The van der Waals surface area contributed by atoms with E-state index < -0.39 is 11.9 Å². The Morgan fingerprint density at radius 1 is 1.38 bits per heavy atom. The van der Waals surface area contributed by atoms with E-state index in [1.807, 2.05) is 0 Å². The smallest absolute Gasteiger partial charge is 0.362 e. The Balaban J connectivity index is 2.25. The molecule has 0 aliphatic rings. The van der Waals surface area contributed by atoms with E-state index >= 15 is 0 Å². The number of anilines is 1. The van der Waals surface area contributed by atoms with E-state index in [4.69, 9.17) is 9.15 Å². The molecule has 7 nitrogen and oxygen atoms in total. The zero-order chi connectivity index (χ0) is 15.6. The van der Waals surface area contributed by atoms with Crippen LogP contribution in [0.25, 0.3) is 0 Å². The molecular weight excluding hydrogens is 362 g/mol. The van der Waals surface area contributed by atoms with E-state index in [1.165, 1.54) is 0 Å². The lowest BCUT2D eigenvalue weighted by Crippen LogP contribution is -2.15. The Bertz CT molecular complexity index is 695. The predicted molar refractivity (Wildman–Crippen MR) is 79.7 cm³/mol. The maximum Gasteiger partial charge on any atom is 0.362 e. The van der Waals surface area contributed by atoms with Gasteiger partial charge in [-0.1, -0.05) is 4.49 Å². The zero-order valence-electron chi connectivity index (χ0n) is 11.5. The molecule has 0 saturated heterocycles. The Morgan fingerprint density at radius 3 is 2.67 bits per heavy atom. The molecular formula is C12H12BrN3O4S. The molecule has 0 spiro atoms. The van der Waals surface area contributed by atoms with Crippen molar-refractivity contribution < 1.29 is 18.7 Å². The average molecular weight is 374 g/mol. The molecule has 0 aliphatic heterocycles. The van der Waals surface area contributed by atoms with Crippen LogP contribution >= 0.6 is 27.5 Å². The van der Waals surface area contributed by atoms with Crippen molar-refractivity contribution in [3.63, 3.8) is 0 Å². The standard InChI is InChI=1S/C12H12BrN3O4S/c1-4-19-12(18)9-11(21-16-15-9)14-10(17)7-5(2)20-6(3)8(7)13/h4H2,1-3H3,(H,14,17). The molecule has 2 heterocycles. The largest absolute Gasteiger partial charge is 0.465 e. The molecule has 0 saturated carbocycles. The summed E-state index contributed by atoms with van der Waals surface area (Å²) < 4.78 is 14.5. The normalized spacial score (nSPS) is 10.5. The molecule has 112 valence electrons. The number of hydrogen-bond donors (Lipinski definition) is 1. The number of nitrogens with one attached hydrogen (secondary N) is 1. The van der Waals surface area contributed by atoms with E-state index in [0.29, 0.717) is 21.6 Å². The minimum absolute atomic E-state index is 0.0100. The summed E-state index contributed by atoms with van der Waals surface area (Å²) in [5.41, 5.74) is 0.361. The molecule has 0 aromatic carbocycles. The summed E-state index contributed by atoms with van der Waals surface area (Å²) in [5.74, 6) is 0.0475. The third-order valence-electron chi connectivity index (χ3n) is 2.60. The number of nitrogens with zero attached hydrogens (tertiary/aromatic N) is 2.